The predicted molar refractivity (Wildman–Crippen MR) is 80.7 cm³/mol. The first kappa shape index (κ1) is 15.4. The van der Waals surface area contributed by atoms with Gasteiger partial charge in [-0.2, -0.15) is 5.26 Å². The number of ether oxygens (including phenoxy) is 1. The maximum atomic E-state index is 11.7. The number of carbonyl (C=O) groups excluding carboxylic acids is 1. The molecule has 1 aromatic heterocycles. The standard InChI is InChI=1S/C15H15N5O2/c1-22-8-7-17-15(21)13-5-6-14(20-19-13)18-12-4-2-3-11(9-12)10-16/h2-6,9H,7-8H2,1H3,(H,17,21)(H,18,20). The van der Waals surface area contributed by atoms with E-state index in [1.165, 1.54) is 0 Å². The van der Waals surface area contributed by atoms with E-state index in [0.29, 0.717) is 24.5 Å². The van der Waals surface area contributed by atoms with Crippen LogP contribution in [0.1, 0.15) is 16.1 Å². The van der Waals surface area contributed by atoms with Gasteiger partial charge in [0.25, 0.3) is 5.91 Å². The van der Waals surface area contributed by atoms with E-state index in [0.717, 1.165) is 5.69 Å². The molecule has 0 fully saturated rings. The topological polar surface area (TPSA) is 99.9 Å². The van der Waals surface area contributed by atoms with Crippen LogP contribution in [0.5, 0.6) is 0 Å². The van der Waals surface area contributed by atoms with Crippen LogP contribution in [0.3, 0.4) is 0 Å². The lowest BCUT2D eigenvalue weighted by Gasteiger charge is -2.06. The first-order chi connectivity index (χ1) is 10.7. The smallest absolute Gasteiger partial charge is 0.271 e. The van der Waals surface area contributed by atoms with Gasteiger partial charge in [-0.1, -0.05) is 6.07 Å². The highest BCUT2D eigenvalue weighted by atomic mass is 16.5. The molecular formula is C15H15N5O2. The molecule has 7 heteroatoms. The molecule has 0 saturated carbocycles. The van der Waals surface area contributed by atoms with Crippen molar-refractivity contribution in [3.63, 3.8) is 0 Å². The zero-order valence-corrected chi connectivity index (χ0v) is 12.0. The Kier molecular flexibility index (Phi) is 5.40. The van der Waals surface area contributed by atoms with E-state index < -0.39 is 0 Å². The van der Waals surface area contributed by atoms with Crippen molar-refractivity contribution in [1.29, 1.82) is 5.26 Å². The first-order valence-corrected chi connectivity index (χ1v) is 6.61. The fourth-order valence-electron chi connectivity index (χ4n) is 1.69. The summed E-state index contributed by atoms with van der Waals surface area (Å²) in [7, 11) is 1.56. The molecule has 2 aromatic rings. The van der Waals surface area contributed by atoms with E-state index in [9.17, 15) is 4.79 Å². The molecule has 1 amide bonds. The van der Waals surface area contributed by atoms with Gasteiger partial charge in [0.05, 0.1) is 18.2 Å². The molecule has 0 unspecified atom stereocenters. The van der Waals surface area contributed by atoms with Crippen molar-refractivity contribution >= 4 is 17.4 Å². The highest BCUT2D eigenvalue weighted by Gasteiger charge is 2.07. The summed E-state index contributed by atoms with van der Waals surface area (Å²) < 4.78 is 4.85. The molecule has 112 valence electrons. The fraction of sp³-hybridized carbons (Fsp3) is 0.200. The molecule has 0 radical (unpaired) electrons. The molecule has 0 bridgehead atoms. The Hall–Kier alpha value is -2.98. The highest BCUT2D eigenvalue weighted by Crippen LogP contribution is 2.15. The van der Waals surface area contributed by atoms with Crippen molar-refractivity contribution in [2.45, 2.75) is 0 Å². The summed E-state index contributed by atoms with van der Waals surface area (Å²) in [6.45, 7) is 0.853. The van der Waals surface area contributed by atoms with Gasteiger partial charge in [-0.15, -0.1) is 10.2 Å². The van der Waals surface area contributed by atoms with Gasteiger partial charge in [0, 0.05) is 19.3 Å². The number of nitriles is 1. The average molecular weight is 297 g/mol. The van der Waals surface area contributed by atoms with Gasteiger partial charge in [-0.25, -0.2) is 0 Å². The summed E-state index contributed by atoms with van der Waals surface area (Å²) in [4.78, 5) is 11.7. The molecule has 0 atom stereocenters. The SMILES string of the molecule is COCCNC(=O)c1ccc(Nc2cccc(C#N)c2)nn1. The molecule has 22 heavy (non-hydrogen) atoms. The Morgan fingerprint density at radius 1 is 1.32 bits per heavy atom. The number of benzene rings is 1. The summed E-state index contributed by atoms with van der Waals surface area (Å²) in [5, 5.41) is 22.3. The number of hydrogen-bond acceptors (Lipinski definition) is 6. The van der Waals surface area contributed by atoms with Crippen molar-refractivity contribution in [3.05, 3.63) is 47.7 Å². The van der Waals surface area contributed by atoms with Gasteiger partial charge in [0.2, 0.25) is 0 Å². The van der Waals surface area contributed by atoms with Crippen LogP contribution in [0.15, 0.2) is 36.4 Å². The maximum Gasteiger partial charge on any atom is 0.271 e. The van der Waals surface area contributed by atoms with E-state index in [-0.39, 0.29) is 11.6 Å². The Morgan fingerprint density at radius 2 is 2.18 bits per heavy atom. The van der Waals surface area contributed by atoms with Crippen molar-refractivity contribution < 1.29 is 9.53 Å². The van der Waals surface area contributed by atoms with Gasteiger partial charge < -0.3 is 15.4 Å². The summed E-state index contributed by atoms with van der Waals surface area (Å²) in [5.41, 5.74) is 1.50. The van der Waals surface area contributed by atoms with Crippen LogP contribution in [0.25, 0.3) is 0 Å². The van der Waals surface area contributed by atoms with Gasteiger partial charge in [-0.3, -0.25) is 4.79 Å². The van der Waals surface area contributed by atoms with Crippen LogP contribution in [0.4, 0.5) is 11.5 Å². The molecule has 0 saturated heterocycles. The van der Waals surface area contributed by atoms with Crippen LogP contribution in [0, 0.1) is 11.3 Å². The normalized spacial score (nSPS) is 9.82. The zero-order chi connectivity index (χ0) is 15.8. The highest BCUT2D eigenvalue weighted by molar-refractivity contribution is 5.92. The van der Waals surface area contributed by atoms with Crippen LogP contribution < -0.4 is 10.6 Å². The minimum absolute atomic E-state index is 0.229. The molecule has 1 heterocycles. The van der Waals surface area contributed by atoms with Gasteiger partial charge >= 0.3 is 0 Å². The molecule has 0 spiro atoms. The van der Waals surface area contributed by atoms with E-state index >= 15 is 0 Å². The van der Waals surface area contributed by atoms with Crippen molar-refractivity contribution in [2.24, 2.45) is 0 Å². The zero-order valence-electron chi connectivity index (χ0n) is 12.0. The number of hydrogen-bond donors (Lipinski definition) is 2. The second-order valence-corrected chi connectivity index (χ2v) is 4.37. The van der Waals surface area contributed by atoms with Crippen molar-refractivity contribution in [3.8, 4) is 6.07 Å². The van der Waals surface area contributed by atoms with Crippen LogP contribution in [-0.4, -0.2) is 36.4 Å². The number of nitrogens with zero attached hydrogens (tertiary/aromatic N) is 3. The largest absolute Gasteiger partial charge is 0.383 e. The summed E-state index contributed by atoms with van der Waals surface area (Å²) >= 11 is 0. The third-order valence-electron chi connectivity index (χ3n) is 2.75. The number of amides is 1. The van der Waals surface area contributed by atoms with Crippen LogP contribution in [0.2, 0.25) is 0 Å². The second kappa shape index (κ2) is 7.71. The Labute approximate surface area is 127 Å². The lowest BCUT2D eigenvalue weighted by molar-refractivity contribution is 0.0931. The predicted octanol–water partition coefficient (Wildman–Crippen LogP) is 1.47. The third kappa shape index (κ3) is 4.26. The van der Waals surface area contributed by atoms with E-state index in [2.05, 4.69) is 26.9 Å². The van der Waals surface area contributed by atoms with Crippen LogP contribution >= 0.6 is 0 Å². The van der Waals surface area contributed by atoms with Crippen molar-refractivity contribution in [2.75, 3.05) is 25.6 Å². The van der Waals surface area contributed by atoms with Crippen molar-refractivity contribution in [1.82, 2.24) is 15.5 Å². The minimum atomic E-state index is -0.303. The van der Waals surface area contributed by atoms with Gasteiger partial charge in [-0.05, 0) is 30.3 Å². The lowest BCUT2D eigenvalue weighted by atomic mass is 10.2. The molecule has 7 nitrogen and oxygen atoms in total. The number of rotatable bonds is 6. The first-order valence-electron chi connectivity index (χ1n) is 6.61. The minimum Gasteiger partial charge on any atom is -0.383 e. The van der Waals surface area contributed by atoms with Gasteiger partial charge in [0.1, 0.15) is 0 Å². The third-order valence-corrected chi connectivity index (χ3v) is 2.75. The van der Waals surface area contributed by atoms with E-state index in [1.54, 1.807) is 37.4 Å². The molecule has 0 aliphatic heterocycles. The number of aromatic nitrogens is 2. The maximum absolute atomic E-state index is 11.7. The molecule has 0 aliphatic carbocycles. The van der Waals surface area contributed by atoms with Crippen LogP contribution in [-0.2, 0) is 4.74 Å². The Bertz CT molecular complexity index is 679. The van der Waals surface area contributed by atoms with Gasteiger partial charge in [0.15, 0.2) is 11.5 Å². The molecule has 0 aliphatic rings. The monoisotopic (exact) mass is 297 g/mol. The second-order valence-electron chi connectivity index (χ2n) is 4.37. The summed E-state index contributed by atoms with van der Waals surface area (Å²) in [6, 6.07) is 12.3. The molecule has 2 rings (SSSR count). The Balaban J connectivity index is 1.99. The number of anilines is 2. The quantitative estimate of drug-likeness (QED) is 0.783. The molecule has 1 aromatic carbocycles. The average Bonchev–Trinajstić information content (AvgIpc) is 2.56. The number of methoxy groups -OCH3 is 1. The summed E-state index contributed by atoms with van der Waals surface area (Å²) in [5.74, 6) is 0.186. The summed E-state index contributed by atoms with van der Waals surface area (Å²) in [6.07, 6.45) is 0. The fourth-order valence-corrected chi connectivity index (χ4v) is 1.69. The lowest BCUT2D eigenvalue weighted by Crippen LogP contribution is -2.27. The Morgan fingerprint density at radius 3 is 2.86 bits per heavy atom. The molecular weight excluding hydrogens is 282 g/mol. The van der Waals surface area contributed by atoms with E-state index in [4.69, 9.17) is 10.00 Å². The molecule has 2 N–H and O–H groups in total. The van der Waals surface area contributed by atoms with E-state index in [1.807, 2.05) is 6.07 Å². The number of nitrogens with one attached hydrogen (secondary N) is 2. The number of carbonyl (C=O) groups is 1.